The van der Waals surface area contributed by atoms with Gasteiger partial charge in [-0.1, -0.05) is 54.1 Å². The van der Waals surface area contributed by atoms with Gasteiger partial charge < -0.3 is 9.64 Å². The van der Waals surface area contributed by atoms with Crippen molar-refractivity contribution in [2.45, 2.75) is 13.0 Å². The number of likely N-dealkylation sites (N-methyl/N-ethyl adjacent to an activating group) is 1. The first-order valence-corrected chi connectivity index (χ1v) is 8.17. The number of carbonyl (C=O) groups excluding carboxylic acids is 2. The molecule has 1 amide bonds. The van der Waals surface area contributed by atoms with Crippen LogP contribution in [0.25, 0.3) is 6.08 Å². The lowest BCUT2D eigenvalue weighted by Gasteiger charge is -2.20. The highest BCUT2D eigenvalue weighted by molar-refractivity contribution is 6.31. The van der Waals surface area contributed by atoms with Crippen molar-refractivity contribution < 1.29 is 14.3 Å². The first kappa shape index (κ1) is 18.7. The Morgan fingerprint density at radius 2 is 1.80 bits per heavy atom. The molecular weight excluding hydrogens is 338 g/mol. The molecule has 0 spiro atoms. The van der Waals surface area contributed by atoms with Gasteiger partial charge in [-0.15, -0.1) is 0 Å². The molecule has 5 heteroatoms. The predicted molar refractivity (Wildman–Crippen MR) is 99.2 cm³/mol. The van der Waals surface area contributed by atoms with Gasteiger partial charge in [-0.3, -0.25) is 4.79 Å². The Morgan fingerprint density at radius 1 is 1.12 bits per heavy atom. The normalized spacial score (nSPS) is 12.0. The lowest BCUT2D eigenvalue weighted by Crippen LogP contribution is -2.30. The van der Waals surface area contributed by atoms with E-state index in [4.69, 9.17) is 16.3 Å². The number of hydrogen-bond acceptors (Lipinski definition) is 3. The standard InChI is InChI=1S/C20H20ClNO3/c1-14-9-10-15(13-17(14)21)11-12-18(23)25-19(20(24)22(2)3)16-7-5-4-6-8-16/h4-13,19H,1-3H3/b12-11+/t19-/m0/s1. The third-order valence-corrected chi connectivity index (χ3v) is 4.02. The number of carbonyl (C=O) groups is 2. The van der Waals surface area contributed by atoms with Gasteiger partial charge in [0.25, 0.3) is 5.91 Å². The molecule has 25 heavy (non-hydrogen) atoms. The lowest BCUT2D eigenvalue weighted by molar-refractivity contribution is -0.155. The summed E-state index contributed by atoms with van der Waals surface area (Å²) in [7, 11) is 3.24. The van der Waals surface area contributed by atoms with Gasteiger partial charge >= 0.3 is 5.97 Å². The molecule has 0 unspecified atom stereocenters. The van der Waals surface area contributed by atoms with Crippen LogP contribution in [0, 0.1) is 6.92 Å². The largest absolute Gasteiger partial charge is 0.444 e. The molecule has 2 rings (SSSR count). The van der Waals surface area contributed by atoms with Gasteiger partial charge in [-0.2, -0.15) is 0 Å². The first-order chi connectivity index (χ1) is 11.9. The molecule has 1 atom stereocenters. The zero-order valence-corrected chi connectivity index (χ0v) is 15.2. The molecular formula is C20H20ClNO3. The molecule has 0 saturated heterocycles. The van der Waals surface area contributed by atoms with Crippen LogP contribution in [0.2, 0.25) is 5.02 Å². The van der Waals surface area contributed by atoms with E-state index < -0.39 is 12.1 Å². The SMILES string of the molecule is Cc1ccc(/C=C/C(=O)O[C@H](C(=O)N(C)C)c2ccccc2)cc1Cl. The predicted octanol–water partition coefficient (Wildman–Crippen LogP) is 4.03. The van der Waals surface area contributed by atoms with Crippen molar-refractivity contribution >= 4 is 29.6 Å². The van der Waals surface area contributed by atoms with Crippen molar-refractivity contribution in [1.82, 2.24) is 4.90 Å². The summed E-state index contributed by atoms with van der Waals surface area (Å²) in [5.41, 5.74) is 2.37. The molecule has 0 aliphatic carbocycles. The number of esters is 1. The average Bonchev–Trinajstić information content (AvgIpc) is 2.60. The summed E-state index contributed by atoms with van der Waals surface area (Å²) < 4.78 is 5.39. The van der Waals surface area contributed by atoms with Crippen molar-refractivity contribution in [2.24, 2.45) is 0 Å². The molecule has 0 fully saturated rings. The van der Waals surface area contributed by atoms with E-state index in [1.54, 1.807) is 50.5 Å². The average molecular weight is 358 g/mol. The Balaban J connectivity index is 2.15. The van der Waals surface area contributed by atoms with Crippen LogP contribution in [0.15, 0.2) is 54.6 Å². The number of halogens is 1. The Hall–Kier alpha value is -2.59. The monoisotopic (exact) mass is 357 g/mol. The maximum absolute atomic E-state index is 12.3. The fourth-order valence-electron chi connectivity index (χ4n) is 2.16. The summed E-state index contributed by atoms with van der Waals surface area (Å²) >= 11 is 6.07. The molecule has 0 aliphatic heterocycles. The molecule has 0 aliphatic rings. The molecule has 0 radical (unpaired) electrons. The van der Waals surface area contributed by atoms with E-state index in [0.29, 0.717) is 10.6 Å². The van der Waals surface area contributed by atoms with Crippen LogP contribution >= 0.6 is 11.6 Å². The summed E-state index contributed by atoms with van der Waals surface area (Å²) in [5.74, 6) is -0.896. The molecule has 2 aromatic carbocycles. The topological polar surface area (TPSA) is 46.6 Å². The van der Waals surface area contributed by atoms with E-state index in [1.807, 2.05) is 25.1 Å². The van der Waals surface area contributed by atoms with Crippen LogP contribution in [0.5, 0.6) is 0 Å². The Labute approximate surface area is 152 Å². The number of amides is 1. The second kappa shape index (κ2) is 8.49. The van der Waals surface area contributed by atoms with Crippen LogP contribution < -0.4 is 0 Å². The zero-order chi connectivity index (χ0) is 18.4. The van der Waals surface area contributed by atoms with E-state index in [-0.39, 0.29) is 5.91 Å². The summed E-state index contributed by atoms with van der Waals surface area (Å²) in [5, 5.41) is 0.625. The minimum Gasteiger partial charge on any atom is -0.444 e. The highest BCUT2D eigenvalue weighted by atomic mass is 35.5. The van der Waals surface area contributed by atoms with E-state index in [1.165, 1.54) is 11.0 Å². The van der Waals surface area contributed by atoms with Crippen molar-refractivity contribution in [2.75, 3.05) is 14.1 Å². The highest BCUT2D eigenvalue weighted by Gasteiger charge is 2.25. The third kappa shape index (κ3) is 5.19. The third-order valence-electron chi connectivity index (χ3n) is 3.61. The molecule has 0 saturated carbocycles. The second-order valence-corrected chi connectivity index (χ2v) is 6.21. The zero-order valence-electron chi connectivity index (χ0n) is 14.4. The van der Waals surface area contributed by atoms with Crippen LogP contribution in [0.1, 0.15) is 22.8 Å². The fraction of sp³-hybridized carbons (Fsp3) is 0.200. The molecule has 0 heterocycles. The number of benzene rings is 2. The van der Waals surface area contributed by atoms with E-state index in [9.17, 15) is 9.59 Å². The summed E-state index contributed by atoms with van der Waals surface area (Å²) in [6, 6.07) is 14.4. The summed E-state index contributed by atoms with van der Waals surface area (Å²) in [6.07, 6.45) is 1.92. The van der Waals surface area contributed by atoms with E-state index in [0.717, 1.165) is 11.1 Å². The van der Waals surface area contributed by atoms with Crippen molar-refractivity contribution in [3.63, 3.8) is 0 Å². The lowest BCUT2D eigenvalue weighted by atomic mass is 10.1. The maximum atomic E-state index is 12.3. The smallest absolute Gasteiger partial charge is 0.331 e. The van der Waals surface area contributed by atoms with Crippen LogP contribution in [-0.4, -0.2) is 30.9 Å². The Bertz CT molecular complexity index is 785. The molecule has 0 aromatic heterocycles. The van der Waals surface area contributed by atoms with Gasteiger partial charge in [0, 0.05) is 30.8 Å². The van der Waals surface area contributed by atoms with E-state index in [2.05, 4.69) is 0 Å². The van der Waals surface area contributed by atoms with Gasteiger partial charge in [-0.25, -0.2) is 4.79 Å². The fourth-order valence-corrected chi connectivity index (χ4v) is 2.34. The van der Waals surface area contributed by atoms with Gasteiger partial charge in [0.2, 0.25) is 6.10 Å². The quantitative estimate of drug-likeness (QED) is 0.599. The molecule has 0 N–H and O–H groups in total. The number of hydrogen-bond donors (Lipinski definition) is 0. The Kier molecular flexibility index (Phi) is 6.37. The molecule has 130 valence electrons. The second-order valence-electron chi connectivity index (χ2n) is 5.80. The maximum Gasteiger partial charge on any atom is 0.331 e. The van der Waals surface area contributed by atoms with Gasteiger partial charge in [0.15, 0.2) is 0 Å². The van der Waals surface area contributed by atoms with Gasteiger partial charge in [-0.05, 0) is 30.2 Å². The molecule has 2 aromatic rings. The van der Waals surface area contributed by atoms with Crippen LogP contribution in [-0.2, 0) is 14.3 Å². The van der Waals surface area contributed by atoms with Gasteiger partial charge in [0.05, 0.1) is 0 Å². The highest BCUT2D eigenvalue weighted by Crippen LogP contribution is 2.21. The summed E-state index contributed by atoms with van der Waals surface area (Å²) in [4.78, 5) is 25.9. The van der Waals surface area contributed by atoms with Crippen molar-refractivity contribution in [1.29, 1.82) is 0 Å². The van der Waals surface area contributed by atoms with Crippen LogP contribution in [0.4, 0.5) is 0 Å². The minimum absolute atomic E-state index is 0.300. The van der Waals surface area contributed by atoms with E-state index >= 15 is 0 Å². The number of aryl methyl sites for hydroxylation is 1. The summed E-state index contributed by atoms with van der Waals surface area (Å²) in [6.45, 7) is 1.90. The number of ether oxygens (including phenoxy) is 1. The number of nitrogens with zero attached hydrogens (tertiary/aromatic N) is 1. The molecule has 4 nitrogen and oxygen atoms in total. The first-order valence-electron chi connectivity index (χ1n) is 7.79. The number of rotatable bonds is 5. The molecule has 0 bridgehead atoms. The van der Waals surface area contributed by atoms with Crippen molar-refractivity contribution in [3.05, 3.63) is 76.3 Å². The van der Waals surface area contributed by atoms with Crippen molar-refractivity contribution in [3.8, 4) is 0 Å². The van der Waals surface area contributed by atoms with Gasteiger partial charge in [0.1, 0.15) is 0 Å². The van der Waals surface area contributed by atoms with Crippen LogP contribution in [0.3, 0.4) is 0 Å². The minimum atomic E-state index is -0.977. The Morgan fingerprint density at radius 3 is 2.40 bits per heavy atom.